The fourth-order valence-corrected chi connectivity index (χ4v) is 3.47. The number of carbonyl (C=O) groups is 2. The van der Waals surface area contributed by atoms with E-state index in [1.54, 1.807) is 29.1 Å². The number of nitrogens with one attached hydrogen (secondary N) is 2. The molecule has 0 radical (unpaired) electrons. The van der Waals surface area contributed by atoms with E-state index in [4.69, 9.17) is 0 Å². The molecule has 2 amide bonds. The van der Waals surface area contributed by atoms with Crippen LogP contribution in [0.2, 0.25) is 0 Å². The Morgan fingerprint density at radius 3 is 2.67 bits per heavy atom. The minimum Gasteiger partial charge on any atom is -0.311 e. The number of aryl methyl sites for hydroxylation is 1. The van der Waals surface area contributed by atoms with Gasteiger partial charge in [0.05, 0.1) is 14.7 Å². The van der Waals surface area contributed by atoms with Crippen LogP contribution in [0.3, 0.4) is 0 Å². The Hall–Kier alpha value is -3.25. The summed E-state index contributed by atoms with van der Waals surface area (Å²) in [5, 5.41) is 21.2. The molecule has 0 saturated carbocycles. The fraction of sp³-hybridized carbons (Fsp3) is 0.0667. The lowest BCUT2D eigenvalue weighted by atomic mass is 10.2. The molecule has 1 aromatic carbocycles. The first-order valence-corrected chi connectivity index (χ1v) is 9.10. The van der Waals surface area contributed by atoms with Crippen molar-refractivity contribution in [1.82, 2.24) is 25.6 Å². The van der Waals surface area contributed by atoms with Crippen LogP contribution in [0.4, 0.5) is 5.69 Å². The van der Waals surface area contributed by atoms with Crippen LogP contribution in [0.15, 0.2) is 52.1 Å². The Bertz CT molecular complexity index is 1000. The summed E-state index contributed by atoms with van der Waals surface area (Å²) in [6, 6.07) is 7.34. The third kappa shape index (κ3) is 4.30. The molecule has 2 heterocycles. The highest BCUT2D eigenvalue weighted by Gasteiger charge is 2.20. The van der Waals surface area contributed by atoms with Crippen molar-refractivity contribution in [2.75, 3.05) is 0 Å². The van der Waals surface area contributed by atoms with Gasteiger partial charge in [-0.05, 0) is 35.3 Å². The number of thiophene rings is 1. The number of hydrogen-bond donors (Lipinski definition) is 2. The van der Waals surface area contributed by atoms with Gasteiger partial charge in [0.1, 0.15) is 6.33 Å². The number of hydrogen-bond acceptors (Lipinski definition) is 8. The van der Waals surface area contributed by atoms with Crippen LogP contribution in [-0.4, -0.2) is 31.5 Å². The molecule has 0 aliphatic rings. The predicted molar refractivity (Wildman–Crippen MR) is 97.5 cm³/mol. The van der Waals surface area contributed by atoms with E-state index in [0.717, 1.165) is 17.8 Å². The maximum Gasteiger partial charge on any atom is 0.284 e. The van der Waals surface area contributed by atoms with Crippen molar-refractivity contribution in [1.29, 1.82) is 0 Å². The zero-order chi connectivity index (χ0) is 19.4. The third-order valence-electron chi connectivity index (χ3n) is 3.32. The number of amides is 2. The summed E-state index contributed by atoms with van der Waals surface area (Å²) in [6.07, 6.45) is 1.48. The molecule has 12 heteroatoms. The molecule has 138 valence electrons. The number of nitrogens with zero attached hydrogens (tertiary/aromatic N) is 4. The van der Waals surface area contributed by atoms with E-state index < -0.39 is 16.7 Å². The summed E-state index contributed by atoms with van der Waals surface area (Å²) >= 11 is 2.28. The molecule has 2 aromatic heterocycles. The van der Waals surface area contributed by atoms with Crippen LogP contribution < -0.4 is 10.9 Å². The van der Waals surface area contributed by atoms with Gasteiger partial charge in [-0.25, -0.2) is 0 Å². The van der Waals surface area contributed by atoms with E-state index >= 15 is 0 Å². The fourth-order valence-electron chi connectivity index (χ4n) is 2.01. The number of benzene rings is 1. The molecule has 0 aliphatic carbocycles. The second-order valence-corrected chi connectivity index (χ2v) is 7.11. The molecule has 0 spiro atoms. The second kappa shape index (κ2) is 7.97. The molecule has 0 unspecified atom stereocenters. The molecule has 3 aromatic rings. The monoisotopic (exact) mass is 404 g/mol. The topological polar surface area (TPSA) is 132 Å². The van der Waals surface area contributed by atoms with Crippen molar-refractivity contribution in [3.05, 3.63) is 62.6 Å². The van der Waals surface area contributed by atoms with Crippen LogP contribution in [-0.2, 0) is 7.05 Å². The van der Waals surface area contributed by atoms with Gasteiger partial charge in [-0.3, -0.25) is 30.6 Å². The first-order chi connectivity index (χ1) is 13.0. The quantitative estimate of drug-likeness (QED) is 0.491. The van der Waals surface area contributed by atoms with Gasteiger partial charge in [0.25, 0.3) is 17.5 Å². The number of rotatable bonds is 5. The van der Waals surface area contributed by atoms with Gasteiger partial charge in [0.2, 0.25) is 0 Å². The van der Waals surface area contributed by atoms with Crippen molar-refractivity contribution in [2.45, 2.75) is 10.1 Å². The number of aromatic nitrogens is 3. The van der Waals surface area contributed by atoms with Crippen molar-refractivity contribution in [3.63, 3.8) is 0 Å². The Morgan fingerprint density at radius 2 is 2.04 bits per heavy atom. The zero-order valence-electron chi connectivity index (χ0n) is 13.8. The van der Waals surface area contributed by atoms with Gasteiger partial charge in [-0.2, -0.15) is 0 Å². The highest BCUT2D eigenvalue weighted by molar-refractivity contribution is 7.99. The largest absolute Gasteiger partial charge is 0.311 e. The minimum absolute atomic E-state index is 0.0375. The van der Waals surface area contributed by atoms with Crippen LogP contribution in [0, 0.1) is 10.1 Å². The van der Waals surface area contributed by atoms with Gasteiger partial charge in [-0.1, -0.05) is 6.07 Å². The lowest BCUT2D eigenvalue weighted by molar-refractivity contribution is -0.387. The third-order valence-corrected chi connectivity index (χ3v) is 5.31. The summed E-state index contributed by atoms with van der Waals surface area (Å²) in [5.74, 6) is -1.14. The van der Waals surface area contributed by atoms with Crippen LogP contribution >= 0.6 is 23.1 Å². The summed E-state index contributed by atoms with van der Waals surface area (Å²) in [5.41, 5.74) is 4.29. The maximum atomic E-state index is 12.2. The Morgan fingerprint density at radius 1 is 1.26 bits per heavy atom. The number of nitro groups is 1. The lowest BCUT2D eigenvalue weighted by Gasteiger charge is -2.08. The van der Waals surface area contributed by atoms with Crippen LogP contribution in [0.1, 0.15) is 20.0 Å². The molecule has 0 aliphatic heterocycles. The van der Waals surface area contributed by atoms with Gasteiger partial charge in [0, 0.05) is 18.7 Å². The van der Waals surface area contributed by atoms with Crippen molar-refractivity contribution >= 4 is 40.6 Å². The van der Waals surface area contributed by atoms with Gasteiger partial charge < -0.3 is 4.57 Å². The molecular formula is C15H12N6O4S2. The van der Waals surface area contributed by atoms with Crippen LogP contribution in [0.5, 0.6) is 0 Å². The highest BCUT2D eigenvalue weighted by Crippen LogP contribution is 2.34. The van der Waals surface area contributed by atoms with Crippen molar-refractivity contribution < 1.29 is 14.5 Å². The first-order valence-electron chi connectivity index (χ1n) is 7.40. The van der Waals surface area contributed by atoms with E-state index in [9.17, 15) is 19.7 Å². The zero-order valence-corrected chi connectivity index (χ0v) is 15.4. The normalized spacial score (nSPS) is 10.4. The number of nitro benzene ring substituents is 1. The van der Waals surface area contributed by atoms with Crippen LogP contribution in [0.25, 0.3) is 0 Å². The first kappa shape index (κ1) is 18.5. The average Bonchev–Trinajstić information content (AvgIpc) is 3.32. The predicted octanol–water partition coefficient (Wildman–Crippen LogP) is 2.01. The smallest absolute Gasteiger partial charge is 0.284 e. The Kier molecular flexibility index (Phi) is 5.47. The molecule has 3 rings (SSSR count). The molecule has 0 saturated heterocycles. The molecule has 2 N–H and O–H groups in total. The molecule has 0 bridgehead atoms. The highest BCUT2D eigenvalue weighted by atomic mass is 32.2. The van der Waals surface area contributed by atoms with Crippen molar-refractivity contribution in [2.24, 2.45) is 7.05 Å². The van der Waals surface area contributed by atoms with E-state index in [1.807, 2.05) is 0 Å². The lowest BCUT2D eigenvalue weighted by Crippen LogP contribution is -2.41. The molecule has 10 nitrogen and oxygen atoms in total. The Balaban J connectivity index is 1.75. The van der Waals surface area contributed by atoms with E-state index in [1.165, 1.54) is 29.8 Å². The summed E-state index contributed by atoms with van der Waals surface area (Å²) in [6.45, 7) is 0. The van der Waals surface area contributed by atoms with E-state index in [2.05, 4.69) is 21.0 Å². The molecular weight excluding hydrogens is 392 g/mol. The maximum absolute atomic E-state index is 12.2. The standard InChI is InChI=1S/C15H12N6O4S2/c1-20-8-16-19-15(20)27-11-5-4-9(7-10(11)21(24)25)13(22)17-18-14(23)12-3-2-6-26-12/h2-8H,1H3,(H,17,22)(H,18,23). The molecule has 0 fully saturated rings. The number of carbonyl (C=O) groups excluding carboxylic acids is 2. The molecule has 0 atom stereocenters. The number of hydrazine groups is 1. The van der Waals surface area contributed by atoms with Crippen molar-refractivity contribution in [3.8, 4) is 0 Å². The molecule has 27 heavy (non-hydrogen) atoms. The second-order valence-electron chi connectivity index (χ2n) is 5.15. The Labute approximate surface area is 160 Å². The van der Waals surface area contributed by atoms with E-state index in [0.29, 0.717) is 14.9 Å². The van der Waals surface area contributed by atoms with Gasteiger partial charge in [0.15, 0.2) is 5.16 Å². The summed E-state index contributed by atoms with van der Waals surface area (Å²) in [7, 11) is 1.71. The minimum atomic E-state index is -0.668. The summed E-state index contributed by atoms with van der Waals surface area (Å²) < 4.78 is 1.62. The van der Waals surface area contributed by atoms with Gasteiger partial charge >= 0.3 is 0 Å². The van der Waals surface area contributed by atoms with E-state index in [-0.39, 0.29) is 11.3 Å². The summed E-state index contributed by atoms with van der Waals surface area (Å²) in [4.78, 5) is 35.6. The SMILES string of the molecule is Cn1cnnc1Sc1ccc(C(=O)NNC(=O)c2cccs2)cc1[N+](=O)[O-]. The average molecular weight is 404 g/mol. The van der Waals surface area contributed by atoms with Gasteiger partial charge in [-0.15, -0.1) is 21.5 Å².